The number of aliphatic hydroxyl groups is 1. The van der Waals surface area contributed by atoms with Gasteiger partial charge in [0.15, 0.2) is 0 Å². The van der Waals surface area contributed by atoms with Crippen LogP contribution in [0.15, 0.2) is 0 Å². The zero-order chi connectivity index (χ0) is 11.1. The lowest BCUT2D eigenvalue weighted by Crippen LogP contribution is -2.35. The molecule has 1 heterocycles. The van der Waals surface area contributed by atoms with Gasteiger partial charge in [0.2, 0.25) is 5.91 Å². The Labute approximate surface area is 89.8 Å². The minimum absolute atomic E-state index is 0.0598. The van der Waals surface area contributed by atoms with E-state index in [0.29, 0.717) is 6.42 Å². The molecule has 1 aliphatic heterocycles. The molecule has 2 atom stereocenters. The summed E-state index contributed by atoms with van der Waals surface area (Å²) >= 11 is 0. The Balaban J connectivity index is 2.07. The smallest absolute Gasteiger partial charge is 0.222 e. The van der Waals surface area contributed by atoms with Gasteiger partial charge in [-0.3, -0.25) is 4.79 Å². The summed E-state index contributed by atoms with van der Waals surface area (Å²) < 4.78 is 10.1. The number of carbonyl (C=O) groups is 1. The Kier molecular flexibility index (Phi) is 5.60. The highest BCUT2D eigenvalue weighted by Crippen LogP contribution is 2.14. The molecule has 88 valence electrons. The number of hydrogen-bond acceptors (Lipinski definition) is 4. The maximum Gasteiger partial charge on any atom is 0.222 e. The number of nitrogens with one attached hydrogen (secondary N) is 1. The van der Waals surface area contributed by atoms with Gasteiger partial charge in [0.25, 0.3) is 0 Å². The van der Waals surface area contributed by atoms with E-state index in [1.165, 1.54) is 7.11 Å². The standard InChI is InChI=1S/C10H19NO4/c1-14-7-8(12)6-11-10(13)5-9-3-2-4-15-9/h8-9,12H,2-7H2,1H3,(H,11,13). The molecule has 1 aliphatic rings. The number of ether oxygens (including phenoxy) is 2. The van der Waals surface area contributed by atoms with Crippen LogP contribution in [0.1, 0.15) is 19.3 Å². The third-order valence-electron chi connectivity index (χ3n) is 2.33. The van der Waals surface area contributed by atoms with Crippen molar-refractivity contribution in [3.63, 3.8) is 0 Å². The van der Waals surface area contributed by atoms with E-state index in [9.17, 15) is 9.90 Å². The average molecular weight is 217 g/mol. The predicted molar refractivity (Wildman–Crippen MR) is 54.5 cm³/mol. The molecule has 1 saturated heterocycles. The predicted octanol–water partition coefficient (Wildman–Crippen LogP) is -0.321. The molecule has 0 spiro atoms. The summed E-state index contributed by atoms with van der Waals surface area (Å²) in [7, 11) is 1.51. The fraction of sp³-hybridized carbons (Fsp3) is 0.900. The van der Waals surface area contributed by atoms with Crippen molar-refractivity contribution in [2.75, 3.05) is 26.9 Å². The van der Waals surface area contributed by atoms with E-state index in [4.69, 9.17) is 9.47 Å². The molecule has 2 N–H and O–H groups in total. The zero-order valence-electron chi connectivity index (χ0n) is 9.07. The highest BCUT2D eigenvalue weighted by molar-refractivity contribution is 5.76. The summed E-state index contributed by atoms with van der Waals surface area (Å²) in [6.45, 7) is 1.23. The maximum absolute atomic E-state index is 11.4. The first-order chi connectivity index (χ1) is 7.22. The van der Waals surface area contributed by atoms with Gasteiger partial charge in [-0.1, -0.05) is 0 Å². The third-order valence-corrected chi connectivity index (χ3v) is 2.33. The second kappa shape index (κ2) is 6.76. The van der Waals surface area contributed by atoms with E-state index in [-0.39, 0.29) is 25.2 Å². The topological polar surface area (TPSA) is 67.8 Å². The largest absolute Gasteiger partial charge is 0.389 e. The summed E-state index contributed by atoms with van der Waals surface area (Å²) in [6, 6.07) is 0. The Bertz CT molecular complexity index is 192. The van der Waals surface area contributed by atoms with E-state index in [2.05, 4.69) is 5.32 Å². The zero-order valence-corrected chi connectivity index (χ0v) is 9.07. The summed E-state index contributed by atoms with van der Waals surface area (Å²) in [5.41, 5.74) is 0. The molecular formula is C10H19NO4. The van der Waals surface area contributed by atoms with Crippen LogP contribution in [0.5, 0.6) is 0 Å². The van der Waals surface area contributed by atoms with Gasteiger partial charge < -0.3 is 19.9 Å². The van der Waals surface area contributed by atoms with E-state index < -0.39 is 6.10 Å². The molecule has 1 amide bonds. The summed E-state index contributed by atoms with van der Waals surface area (Å²) in [5.74, 6) is -0.0722. The van der Waals surface area contributed by atoms with E-state index in [1.807, 2.05) is 0 Å². The molecule has 0 aliphatic carbocycles. The van der Waals surface area contributed by atoms with Gasteiger partial charge in [0.1, 0.15) is 0 Å². The Morgan fingerprint density at radius 1 is 1.73 bits per heavy atom. The summed E-state index contributed by atoms with van der Waals surface area (Å²) in [5, 5.41) is 11.9. The van der Waals surface area contributed by atoms with E-state index in [1.54, 1.807) is 0 Å². The van der Waals surface area contributed by atoms with Crippen molar-refractivity contribution in [1.29, 1.82) is 0 Å². The molecule has 0 saturated carbocycles. The van der Waals surface area contributed by atoms with Gasteiger partial charge in [-0.15, -0.1) is 0 Å². The highest BCUT2D eigenvalue weighted by Gasteiger charge is 2.19. The molecule has 0 aromatic carbocycles. The quantitative estimate of drug-likeness (QED) is 0.640. The number of methoxy groups -OCH3 is 1. The van der Waals surface area contributed by atoms with Crippen LogP contribution >= 0.6 is 0 Å². The molecule has 0 aromatic heterocycles. The van der Waals surface area contributed by atoms with Crippen LogP contribution in [0.25, 0.3) is 0 Å². The van der Waals surface area contributed by atoms with Crippen LogP contribution < -0.4 is 5.32 Å². The van der Waals surface area contributed by atoms with Crippen molar-refractivity contribution in [3.8, 4) is 0 Å². The van der Waals surface area contributed by atoms with Gasteiger partial charge in [0, 0.05) is 20.3 Å². The number of carbonyl (C=O) groups excluding carboxylic acids is 1. The average Bonchev–Trinajstić information content (AvgIpc) is 2.68. The molecule has 5 heteroatoms. The fourth-order valence-corrected chi connectivity index (χ4v) is 1.57. The van der Waals surface area contributed by atoms with Crippen LogP contribution in [-0.2, 0) is 14.3 Å². The van der Waals surface area contributed by atoms with Crippen molar-refractivity contribution >= 4 is 5.91 Å². The Morgan fingerprint density at radius 2 is 2.53 bits per heavy atom. The van der Waals surface area contributed by atoms with Crippen LogP contribution in [0.2, 0.25) is 0 Å². The molecule has 0 radical (unpaired) electrons. The first kappa shape index (κ1) is 12.4. The number of hydrogen-bond donors (Lipinski definition) is 2. The van der Waals surface area contributed by atoms with Gasteiger partial charge in [-0.2, -0.15) is 0 Å². The van der Waals surface area contributed by atoms with Crippen LogP contribution in [0, 0.1) is 0 Å². The molecule has 0 aromatic rings. The van der Waals surface area contributed by atoms with Gasteiger partial charge in [-0.25, -0.2) is 0 Å². The second-order valence-corrected chi connectivity index (χ2v) is 3.75. The molecule has 0 bridgehead atoms. The van der Waals surface area contributed by atoms with Crippen LogP contribution in [0.3, 0.4) is 0 Å². The molecular weight excluding hydrogens is 198 g/mol. The molecule has 1 fully saturated rings. The maximum atomic E-state index is 11.4. The monoisotopic (exact) mass is 217 g/mol. The minimum atomic E-state index is -0.636. The van der Waals surface area contributed by atoms with Crippen molar-refractivity contribution in [2.24, 2.45) is 0 Å². The fourth-order valence-electron chi connectivity index (χ4n) is 1.57. The second-order valence-electron chi connectivity index (χ2n) is 3.75. The van der Waals surface area contributed by atoms with Crippen molar-refractivity contribution in [3.05, 3.63) is 0 Å². The van der Waals surface area contributed by atoms with Gasteiger partial charge in [-0.05, 0) is 12.8 Å². The molecule has 1 rings (SSSR count). The Morgan fingerprint density at radius 3 is 3.13 bits per heavy atom. The molecule has 15 heavy (non-hydrogen) atoms. The van der Waals surface area contributed by atoms with Crippen molar-refractivity contribution in [1.82, 2.24) is 5.32 Å². The first-order valence-electron chi connectivity index (χ1n) is 5.27. The van der Waals surface area contributed by atoms with Crippen molar-refractivity contribution in [2.45, 2.75) is 31.5 Å². The normalized spacial score (nSPS) is 22.7. The third kappa shape index (κ3) is 5.11. The lowest BCUT2D eigenvalue weighted by Gasteiger charge is -2.12. The molecule has 2 unspecified atom stereocenters. The Hall–Kier alpha value is -0.650. The van der Waals surface area contributed by atoms with Crippen LogP contribution in [0.4, 0.5) is 0 Å². The van der Waals surface area contributed by atoms with E-state index >= 15 is 0 Å². The summed E-state index contributed by atoms with van der Waals surface area (Å²) in [6.07, 6.45) is 1.80. The highest BCUT2D eigenvalue weighted by atomic mass is 16.5. The van der Waals surface area contributed by atoms with E-state index in [0.717, 1.165) is 19.4 Å². The lowest BCUT2D eigenvalue weighted by atomic mass is 10.2. The lowest BCUT2D eigenvalue weighted by molar-refractivity contribution is -0.123. The minimum Gasteiger partial charge on any atom is -0.389 e. The summed E-state index contributed by atoms with van der Waals surface area (Å²) in [4.78, 5) is 11.4. The number of amides is 1. The SMILES string of the molecule is COCC(O)CNC(=O)CC1CCCO1. The number of rotatable bonds is 6. The number of aliphatic hydroxyl groups excluding tert-OH is 1. The van der Waals surface area contributed by atoms with Crippen LogP contribution in [-0.4, -0.2) is 50.1 Å². The van der Waals surface area contributed by atoms with Gasteiger partial charge in [0.05, 0.1) is 25.2 Å². The molecule has 5 nitrogen and oxygen atoms in total. The van der Waals surface area contributed by atoms with Crippen molar-refractivity contribution < 1.29 is 19.4 Å². The first-order valence-corrected chi connectivity index (χ1v) is 5.27. The van der Waals surface area contributed by atoms with Gasteiger partial charge >= 0.3 is 0 Å².